The summed E-state index contributed by atoms with van der Waals surface area (Å²) in [6, 6.07) is 1.95. The molecule has 0 saturated heterocycles. The molecule has 84 valence electrons. The summed E-state index contributed by atoms with van der Waals surface area (Å²) < 4.78 is 6.49. The molecule has 4 heteroatoms. The van der Waals surface area contributed by atoms with Crippen LogP contribution in [0, 0.1) is 6.92 Å². The van der Waals surface area contributed by atoms with Gasteiger partial charge in [-0.3, -0.25) is 0 Å². The van der Waals surface area contributed by atoms with E-state index in [4.69, 9.17) is 4.74 Å². The Labute approximate surface area is 99.4 Å². The Hall–Kier alpha value is -0.610. The normalized spacial score (nSPS) is 10.3. The van der Waals surface area contributed by atoms with Crippen LogP contribution in [-0.2, 0) is 0 Å². The van der Waals surface area contributed by atoms with Gasteiger partial charge in [-0.2, -0.15) is 0 Å². The molecule has 0 spiro atoms. The highest BCUT2D eigenvalue weighted by Crippen LogP contribution is 2.24. The van der Waals surface area contributed by atoms with Crippen LogP contribution in [0.1, 0.15) is 18.9 Å². The van der Waals surface area contributed by atoms with Crippen molar-refractivity contribution in [2.45, 2.75) is 20.3 Å². The van der Waals surface area contributed by atoms with E-state index in [1.165, 1.54) is 0 Å². The molecule has 0 amide bonds. The molecule has 0 atom stereocenters. The molecule has 0 aliphatic heterocycles. The molecule has 1 N–H and O–H groups in total. The van der Waals surface area contributed by atoms with E-state index in [2.05, 4.69) is 33.2 Å². The van der Waals surface area contributed by atoms with E-state index in [0.717, 1.165) is 29.5 Å². The van der Waals surface area contributed by atoms with Gasteiger partial charge in [0.05, 0.1) is 4.47 Å². The van der Waals surface area contributed by atoms with Crippen molar-refractivity contribution >= 4 is 15.9 Å². The maximum absolute atomic E-state index is 5.54. The summed E-state index contributed by atoms with van der Waals surface area (Å²) >= 11 is 3.46. The topological polar surface area (TPSA) is 34.1 Å². The Bertz CT molecular complexity index is 305. The number of rotatable bonds is 6. The zero-order valence-electron chi connectivity index (χ0n) is 9.22. The first-order valence-corrected chi connectivity index (χ1v) is 5.99. The first-order valence-electron chi connectivity index (χ1n) is 5.20. The Balaban J connectivity index is 2.34. The largest absolute Gasteiger partial charge is 0.476 e. The van der Waals surface area contributed by atoms with Crippen molar-refractivity contribution in [3.05, 3.63) is 22.3 Å². The molecule has 1 aromatic heterocycles. The van der Waals surface area contributed by atoms with Crippen LogP contribution in [0.4, 0.5) is 0 Å². The van der Waals surface area contributed by atoms with Crippen LogP contribution in [0.15, 0.2) is 16.7 Å². The number of ether oxygens (including phenoxy) is 1. The van der Waals surface area contributed by atoms with Crippen LogP contribution in [0.3, 0.4) is 0 Å². The minimum atomic E-state index is 0.648. The average molecular weight is 273 g/mol. The van der Waals surface area contributed by atoms with E-state index in [1.807, 2.05) is 13.0 Å². The first kappa shape index (κ1) is 12.5. The van der Waals surface area contributed by atoms with E-state index in [-0.39, 0.29) is 0 Å². The predicted octanol–water partition coefficient (Wildman–Crippen LogP) is 2.53. The van der Waals surface area contributed by atoms with Crippen molar-refractivity contribution in [3.63, 3.8) is 0 Å². The lowest BCUT2D eigenvalue weighted by Gasteiger charge is -2.08. The van der Waals surface area contributed by atoms with Gasteiger partial charge >= 0.3 is 0 Å². The van der Waals surface area contributed by atoms with Crippen molar-refractivity contribution in [3.8, 4) is 5.88 Å². The molecule has 0 radical (unpaired) electrons. The van der Waals surface area contributed by atoms with Crippen LogP contribution in [0.2, 0.25) is 0 Å². The van der Waals surface area contributed by atoms with Gasteiger partial charge in [0.2, 0.25) is 5.88 Å². The van der Waals surface area contributed by atoms with Crippen LogP contribution in [0.5, 0.6) is 5.88 Å². The van der Waals surface area contributed by atoms with Gasteiger partial charge in [-0.25, -0.2) is 4.98 Å². The second-order valence-corrected chi connectivity index (χ2v) is 4.14. The van der Waals surface area contributed by atoms with Gasteiger partial charge < -0.3 is 10.1 Å². The van der Waals surface area contributed by atoms with Crippen LogP contribution in [0.25, 0.3) is 0 Å². The monoisotopic (exact) mass is 272 g/mol. The van der Waals surface area contributed by atoms with Gasteiger partial charge in [0.25, 0.3) is 0 Å². The zero-order valence-corrected chi connectivity index (χ0v) is 10.8. The SMILES string of the molecule is CCCNCCOc1nccc(C)c1Br. The molecule has 0 unspecified atom stereocenters. The molecule has 0 aliphatic carbocycles. The molecule has 0 aromatic carbocycles. The predicted molar refractivity (Wildman–Crippen MR) is 65.3 cm³/mol. The van der Waals surface area contributed by atoms with Crippen LogP contribution in [-0.4, -0.2) is 24.7 Å². The van der Waals surface area contributed by atoms with Gasteiger partial charge in [0, 0.05) is 12.7 Å². The van der Waals surface area contributed by atoms with E-state index in [0.29, 0.717) is 12.5 Å². The van der Waals surface area contributed by atoms with E-state index < -0.39 is 0 Å². The average Bonchev–Trinajstić information content (AvgIpc) is 2.24. The van der Waals surface area contributed by atoms with Crippen molar-refractivity contribution in [2.24, 2.45) is 0 Å². The Kier molecular flexibility index (Phi) is 5.65. The Morgan fingerprint density at radius 2 is 2.27 bits per heavy atom. The lowest BCUT2D eigenvalue weighted by Crippen LogP contribution is -2.21. The molecule has 0 saturated carbocycles. The third-order valence-electron chi connectivity index (χ3n) is 1.99. The summed E-state index contributed by atoms with van der Waals surface area (Å²) in [7, 11) is 0. The fourth-order valence-corrected chi connectivity index (χ4v) is 1.49. The molecule has 15 heavy (non-hydrogen) atoms. The molecule has 3 nitrogen and oxygen atoms in total. The lowest BCUT2D eigenvalue weighted by atomic mass is 10.3. The fraction of sp³-hybridized carbons (Fsp3) is 0.545. The molecule has 1 rings (SSSR count). The van der Waals surface area contributed by atoms with E-state index in [9.17, 15) is 0 Å². The second kappa shape index (κ2) is 6.80. The summed E-state index contributed by atoms with van der Waals surface area (Å²) in [5, 5.41) is 3.27. The van der Waals surface area contributed by atoms with Crippen LogP contribution >= 0.6 is 15.9 Å². The number of pyridine rings is 1. The number of nitrogens with zero attached hydrogens (tertiary/aromatic N) is 1. The summed E-state index contributed by atoms with van der Waals surface area (Å²) in [6.45, 7) is 6.71. The molecule has 1 aromatic rings. The van der Waals surface area contributed by atoms with Gasteiger partial charge in [-0.05, 0) is 47.4 Å². The number of halogens is 1. The summed E-state index contributed by atoms with van der Waals surface area (Å²) in [5.41, 5.74) is 1.14. The highest BCUT2D eigenvalue weighted by molar-refractivity contribution is 9.10. The maximum atomic E-state index is 5.54. The first-order chi connectivity index (χ1) is 7.25. The number of aryl methyl sites for hydroxylation is 1. The molecule has 0 bridgehead atoms. The maximum Gasteiger partial charge on any atom is 0.228 e. The number of hydrogen-bond acceptors (Lipinski definition) is 3. The number of nitrogens with one attached hydrogen (secondary N) is 1. The van der Waals surface area contributed by atoms with Crippen molar-refractivity contribution < 1.29 is 4.74 Å². The third-order valence-corrected chi connectivity index (χ3v) is 2.96. The van der Waals surface area contributed by atoms with Crippen LogP contribution < -0.4 is 10.1 Å². The van der Waals surface area contributed by atoms with Crippen molar-refractivity contribution in [1.29, 1.82) is 0 Å². The summed E-state index contributed by atoms with van der Waals surface area (Å²) in [4.78, 5) is 4.16. The van der Waals surface area contributed by atoms with Gasteiger partial charge in [0.1, 0.15) is 6.61 Å². The molecular weight excluding hydrogens is 256 g/mol. The molecule has 0 aliphatic rings. The van der Waals surface area contributed by atoms with Gasteiger partial charge in [-0.15, -0.1) is 0 Å². The summed E-state index contributed by atoms with van der Waals surface area (Å²) in [6.07, 6.45) is 2.90. The highest BCUT2D eigenvalue weighted by Gasteiger charge is 2.03. The fourth-order valence-electron chi connectivity index (χ4n) is 1.14. The van der Waals surface area contributed by atoms with Crippen molar-refractivity contribution in [2.75, 3.05) is 19.7 Å². The second-order valence-electron chi connectivity index (χ2n) is 3.35. The smallest absolute Gasteiger partial charge is 0.228 e. The lowest BCUT2D eigenvalue weighted by molar-refractivity contribution is 0.300. The van der Waals surface area contributed by atoms with Gasteiger partial charge in [-0.1, -0.05) is 6.92 Å². The third kappa shape index (κ3) is 4.18. The summed E-state index contributed by atoms with van der Waals surface area (Å²) in [5.74, 6) is 0.674. The molecular formula is C11H17BrN2O. The molecule has 0 fully saturated rings. The number of aromatic nitrogens is 1. The van der Waals surface area contributed by atoms with E-state index >= 15 is 0 Å². The minimum Gasteiger partial charge on any atom is -0.476 e. The minimum absolute atomic E-state index is 0.648. The Morgan fingerprint density at radius 3 is 3.00 bits per heavy atom. The number of hydrogen-bond donors (Lipinski definition) is 1. The van der Waals surface area contributed by atoms with E-state index in [1.54, 1.807) is 6.20 Å². The highest BCUT2D eigenvalue weighted by atomic mass is 79.9. The van der Waals surface area contributed by atoms with Gasteiger partial charge in [0.15, 0.2) is 0 Å². The standard InChI is InChI=1S/C11H17BrN2O/c1-3-5-13-7-8-15-11-10(12)9(2)4-6-14-11/h4,6,13H,3,5,7-8H2,1-2H3. The zero-order chi connectivity index (χ0) is 11.1. The molecule has 1 heterocycles. The Morgan fingerprint density at radius 1 is 1.47 bits per heavy atom. The van der Waals surface area contributed by atoms with Crippen molar-refractivity contribution in [1.82, 2.24) is 10.3 Å². The quantitative estimate of drug-likeness (QED) is 0.809.